The van der Waals surface area contributed by atoms with Crippen LogP contribution in [0.5, 0.6) is 0 Å². The van der Waals surface area contributed by atoms with Crippen molar-refractivity contribution in [3.05, 3.63) is 11.6 Å². The molecular formula is C11H19N. The van der Waals surface area contributed by atoms with Crippen molar-refractivity contribution in [2.24, 2.45) is 11.1 Å². The Morgan fingerprint density at radius 3 is 2.83 bits per heavy atom. The second kappa shape index (κ2) is 2.88. The lowest BCUT2D eigenvalue weighted by Gasteiger charge is -2.17. The van der Waals surface area contributed by atoms with Crippen LogP contribution in [0.15, 0.2) is 11.6 Å². The number of hydrogen-bond acceptors (Lipinski definition) is 1. The highest BCUT2D eigenvalue weighted by molar-refractivity contribution is 5.16. The van der Waals surface area contributed by atoms with E-state index in [1.54, 1.807) is 0 Å². The molecule has 2 aliphatic rings. The molecule has 0 spiro atoms. The van der Waals surface area contributed by atoms with Crippen LogP contribution in [0.25, 0.3) is 0 Å². The van der Waals surface area contributed by atoms with Gasteiger partial charge in [-0.05, 0) is 43.9 Å². The average Bonchev–Trinajstić information content (AvgIpc) is 2.55. The lowest BCUT2D eigenvalue weighted by atomic mass is 9.94. The Kier molecular flexibility index (Phi) is 1.99. The molecule has 0 aromatic carbocycles. The van der Waals surface area contributed by atoms with E-state index < -0.39 is 0 Å². The van der Waals surface area contributed by atoms with Crippen LogP contribution in [0.4, 0.5) is 0 Å². The minimum Gasteiger partial charge on any atom is -0.324 e. The highest BCUT2D eigenvalue weighted by atomic mass is 14.7. The molecule has 1 fully saturated rings. The average molecular weight is 165 g/mol. The summed E-state index contributed by atoms with van der Waals surface area (Å²) in [4.78, 5) is 0. The van der Waals surface area contributed by atoms with Gasteiger partial charge in [-0.25, -0.2) is 0 Å². The molecule has 0 radical (unpaired) electrons. The lowest BCUT2D eigenvalue weighted by Crippen LogP contribution is -2.25. The summed E-state index contributed by atoms with van der Waals surface area (Å²) in [7, 11) is 0. The predicted molar refractivity (Wildman–Crippen MR) is 51.9 cm³/mol. The summed E-state index contributed by atoms with van der Waals surface area (Å²) < 4.78 is 0. The number of nitrogens with two attached hydrogens (primary N) is 1. The van der Waals surface area contributed by atoms with E-state index in [1.807, 2.05) is 0 Å². The molecule has 0 amide bonds. The van der Waals surface area contributed by atoms with E-state index in [4.69, 9.17) is 5.73 Å². The number of allylic oxidation sites excluding steroid dienone is 1. The van der Waals surface area contributed by atoms with Gasteiger partial charge in [0.15, 0.2) is 0 Å². The van der Waals surface area contributed by atoms with Crippen LogP contribution in [0, 0.1) is 5.41 Å². The Hall–Kier alpha value is -0.300. The van der Waals surface area contributed by atoms with Gasteiger partial charge >= 0.3 is 0 Å². The van der Waals surface area contributed by atoms with Gasteiger partial charge in [0.25, 0.3) is 0 Å². The zero-order valence-electron chi connectivity index (χ0n) is 7.97. The van der Waals surface area contributed by atoms with Gasteiger partial charge in [-0.1, -0.05) is 18.6 Å². The van der Waals surface area contributed by atoms with Gasteiger partial charge < -0.3 is 5.73 Å². The van der Waals surface area contributed by atoms with Gasteiger partial charge in [0, 0.05) is 6.04 Å². The molecule has 0 bridgehead atoms. The van der Waals surface area contributed by atoms with Crippen molar-refractivity contribution >= 4 is 0 Å². The molecule has 2 rings (SSSR count). The quantitative estimate of drug-likeness (QED) is 0.639. The van der Waals surface area contributed by atoms with E-state index in [-0.39, 0.29) is 0 Å². The van der Waals surface area contributed by atoms with Gasteiger partial charge in [-0.3, -0.25) is 0 Å². The minimum atomic E-state index is 0.375. The van der Waals surface area contributed by atoms with Crippen molar-refractivity contribution in [2.75, 3.05) is 0 Å². The molecule has 0 heterocycles. The van der Waals surface area contributed by atoms with Crippen molar-refractivity contribution in [3.8, 4) is 0 Å². The molecule has 0 aliphatic heterocycles. The first kappa shape index (κ1) is 8.31. The van der Waals surface area contributed by atoms with E-state index in [9.17, 15) is 0 Å². The Labute approximate surface area is 75.0 Å². The fourth-order valence-electron chi connectivity index (χ4n) is 2.11. The molecule has 0 aromatic rings. The molecular weight excluding hydrogens is 146 g/mol. The summed E-state index contributed by atoms with van der Waals surface area (Å²) in [5.41, 5.74) is 8.28. The molecule has 1 nitrogen and oxygen atoms in total. The van der Waals surface area contributed by atoms with Crippen molar-refractivity contribution in [3.63, 3.8) is 0 Å². The van der Waals surface area contributed by atoms with E-state index in [0.717, 1.165) is 0 Å². The molecule has 1 heteroatoms. The summed E-state index contributed by atoms with van der Waals surface area (Å²) in [6.45, 7) is 2.36. The standard InChI is InChI=1S/C11H19N/c1-11(6-7-11)8-10(12)9-4-2-3-5-9/h4,10H,2-3,5-8,12H2,1H3. The monoisotopic (exact) mass is 165 g/mol. The molecule has 12 heavy (non-hydrogen) atoms. The Morgan fingerprint density at radius 1 is 1.58 bits per heavy atom. The van der Waals surface area contributed by atoms with Crippen LogP contribution >= 0.6 is 0 Å². The molecule has 0 saturated heterocycles. The third kappa shape index (κ3) is 1.71. The van der Waals surface area contributed by atoms with Gasteiger partial charge in [-0.15, -0.1) is 0 Å². The van der Waals surface area contributed by atoms with Gasteiger partial charge in [0.1, 0.15) is 0 Å². The highest BCUT2D eigenvalue weighted by Gasteiger charge is 2.38. The van der Waals surface area contributed by atoms with Crippen LogP contribution in [0.2, 0.25) is 0 Å². The first-order valence-corrected chi connectivity index (χ1v) is 5.14. The first-order chi connectivity index (χ1) is 5.70. The Bertz CT molecular complexity index is 201. The van der Waals surface area contributed by atoms with Crippen LogP contribution < -0.4 is 5.73 Å². The second-order valence-corrected chi connectivity index (χ2v) is 4.79. The summed E-state index contributed by atoms with van der Waals surface area (Å²) >= 11 is 0. The smallest absolute Gasteiger partial charge is 0.0258 e. The molecule has 0 aromatic heterocycles. The first-order valence-electron chi connectivity index (χ1n) is 5.14. The maximum absolute atomic E-state index is 6.14. The van der Waals surface area contributed by atoms with Crippen LogP contribution in [-0.2, 0) is 0 Å². The van der Waals surface area contributed by atoms with Crippen LogP contribution in [-0.4, -0.2) is 6.04 Å². The van der Waals surface area contributed by atoms with E-state index in [0.29, 0.717) is 11.5 Å². The largest absolute Gasteiger partial charge is 0.324 e. The van der Waals surface area contributed by atoms with E-state index in [1.165, 1.54) is 44.1 Å². The topological polar surface area (TPSA) is 26.0 Å². The lowest BCUT2D eigenvalue weighted by molar-refractivity contribution is 0.472. The Balaban J connectivity index is 1.87. The van der Waals surface area contributed by atoms with E-state index >= 15 is 0 Å². The fourth-order valence-corrected chi connectivity index (χ4v) is 2.11. The highest BCUT2D eigenvalue weighted by Crippen LogP contribution is 2.49. The second-order valence-electron chi connectivity index (χ2n) is 4.79. The third-order valence-corrected chi connectivity index (χ3v) is 3.37. The maximum Gasteiger partial charge on any atom is 0.0258 e. The van der Waals surface area contributed by atoms with E-state index in [2.05, 4.69) is 13.0 Å². The summed E-state index contributed by atoms with van der Waals surface area (Å²) in [5, 5.41) is 0. The fraction of sp³-hybridized carbons (Fsp3) is 0.818. The summed E-state index contributed by atoms with van der Waals surface area (Å²) in [5.74, 6) is 0. The zero-order chi connectivity index (χ0) is 8.60. The third-order valence-electron chi connectivity index (χ3n) is 3.37. The van der Waals surface area contributed by atoms with Crippen molar-refractivity contribution < 1.29 is 0 Å². The SMILES string of the molecule is CC1(CC(N)C2=CCCC2)CC1. The van der Waals surface area contributed by atoms with Gasteiger partial charge in [0.2, 0.25) is 0 Å². The molecule has 1 saturated carbocycles. The molecule has 1 atom stereocenters. The Morgan fingerprint density at radius 2 is 2.33 bits per heavy atom. The number of hydrogen-bond donors (Lipinski definition) is 1. The molecule has 2 N–H and O–H groups in total. The van der Waals surface area contributed by atoms with Crippen molar-refractivity contribution in [1.82, 2.24) is 0 Å². The van der Waals surface area contributed by atoms with Crippen LogP contribution in [0.1, 0.15) is 45.4 Å². The zero-order valence-corrected chi connectivity index (χ0v) is 7.97. The van der Waals surface area contributed by atoms with Crippen molar-refractivity contribution in [2.45, 2.75) is 51.5 Å². The molecule has 1 unspecified atom stereocenters. The maximum atomic E-state index is 6.14. The van der Waals surface area contributed by atoms with Gasteiger partial charge in [0.05, 0.1) is 0 Å². The molecule has 68 valence electrons. The predicted octanol–water partition coefficient (Wildman–Crippen LogP) is 2.61. The normalized spacial score (nSPS) is 28.3. The van der Waals surface area contributed by atoms with Crippen LogP contribution in [0.3, 0.4) is 0 Å². The number of rotatable bonds is 3. The summed E-state index contributed by atoms with van der Waals surface area (Å²) in [6, 6.07) is 0.375. The van der Waals surface area contributed by atoms with Crippen molar-refractivity contribution in [1.29, 1.82) is 0 Å². The minimum absolute atomic E-state index is 0.375. The van der Waals surface area contributed by atoms with Gasteiger partial charge in [-0.2, -0.15) is 0 Å². The summed E-state index contributed by atoms with van der Waals surface area (Å²) in [6.07, 6.45) is 10.2. The molecule has 2 aliphatic carbocycles.